The summed E-state index contributed by atoms with van der Waals surface area (Å²) in [5, 5.41) is 17.3. The van der Waals surface area contributed by atoms with Crippen LogP contribution in [0.15, 0.2) is 24.3 Å². The number of benzene rings is 1. The maximum atomic E-state index is 11.9. The lowest BCUT2D eigenvalue weighted by atomic mass is 9.98. The van der Waals surface area contributed by atoms with Crippen molar-refractivity contribution in [3.05, 3.63) is 29.8 Å². The fourth-order valence-corrected chi connectivity index (χ4v) is 1.41. The van der Waals surface area contributed by atoms with E-state index >= 15 is 0 Å². The van der Waals surface area contributed by atoms with E-state index in [9.17, 15) is 23.2 Å². The van der Waals surface area contributed by atoms with Crippen LogP contribution in [0, 0.1) is 5.92 Å². The molecule has 0 aliphatic carbocycles. The molecule has 0 saturated carbocycles. The van der Waals surface area contributed by atoms with Gasteiger partial charge in [-0.1, -0.05) is 0 Å². The van der Waals surface area contributed by atoms with Crippen molar-refractivity contribution >= 4 is 17.7 Å². The Kier molecular flexibility index (Phi) is 5.13. The average Bonchev–Trinajstić information content (AvgIpc) is 2.35. The van der Waals surface area contributed by atoms with E-state index in [-0.39, 0.29) is 11.3 Å². The number of hydrogen-bond donors (Lipinski definition) is 2. The van der Waals surface area contributed by atoms with Gasteiger partial charge in [0.15, 0.2) is 11.7 Å². The van der Waals surface area contributed by atoms with E-state index in [0.717, 1.165) is 24.3 Å². The van der Waals surface area contributed by atoms with E-state index in [4.69, 9.17) is 10.2 Å². The third-order valence-electron chi connectivity index (χ3n) is 2.39. The maximum Gasteiger partial charge on any atom is 0.387 e. The molecule has 8 heteroatoms. The van der Waals surface area contributed by atoms with Crippen molar-refractivity contribution in [2.24, 2.45) is 5.92 Å². The molecule has 0 aliphatic rings. The van der Waals surface area contributed by atoms with Crippen molar-refractivity contribution in [3.8, 4) is 5.75 Å². The first-order chi connectivity index (χ1) is 9.31. The zero-order chi connectivity index (χ0) is 15.3. The van der Waals surface area contributed by atoms with Crippen LogP contribution in [0.2, 0.25) is 0 Å². The van der Waals surface area contributed by atoms with Crippen LogP contribution in [0.4, 0.5) is 8.78 Å². The number of ether oxygens (including phenoxy) is 1. The lowest BCUT2D eigenvalue weighted by molar-refractivity contribution is -0.154. The summed E-state index contributed by atoms with van der Waals surface area (Å²) in [7, 11) is 0. The van der Waals surface area contributed by atoms with Gasteiger partial charge in [0.05, 0.1) is 0 Å². The Morgan fingerprint density at radius 3 is 1.95 bits per heavy atom. The molecule has 0 aliphatic heterocycles. The normalized spacial score (nSPS) is 10.6. The van der Waals surface area contributed by atoms with Crippen LogP contribution in [-0.2, 0) is 9.59 Å². The summed E-state index contributed by atoms with van der Waals surface area (Å²) in [5.74, 6) is -5.97. The molecule has 0 spiro atoms. The number of carboxylic acid groups (broad SMARTS) is 2. The molecule has 0 amide bonds. The van der Waals surface area contributed by atoms with E-state index in [1.54, 1.807) is 0 Å². The smallest absolute Gasteiger partial charge is 0.387 e. The number of aliphatic carboxylic acids is 2. The minimum atomic E-state index is -3.00. The molecule has 0 radical (unpaired) electrons. The summed E-state index contributed by atoms with van der Waals surface area (Å²) in [5.41, 5.74) is 0.0131. The van der Waals surface area contributed by atoms with Gasteiger partial charge in [-0.2, -0.15) is 8.78 Å². The first-order valence-corrected chi connectivity index (χ1v) is 5.35. The van der Waals surface area contributed by atoms with E-state index < -0.39 is 36.7 Å². The van der Waals surface area contributed by atoms with Crippen LogP contribution in [0.3, 0.4) is 0 Å². The van der Waals surface area contributed by atoms with Gasteiger partial charge in [0.1, 0.15) is 5.75 Å². The Bertz CT molecular complexity index is 497. The summed E-state index contributed by atoms with van der Waals surface area (Å²) in [6.07, 6.45) is -0.723. The zero-order valence-corrected chi connectivity index (χ0v) is 9.95. The lowest BCUT2D eigenvalue weighted by Gasteiger charge is -2.07. The first kappa shape index (κ1) is 15.5. The molecule has 0 unspecified atom stereocenters. The summed E-state index contributed by atoms with van der Waals surface area (Å²) >= 11 is 0. The van der Waals surface area contributed by atoms with Gasteiger partial charge in [-0.25, -0.2) is 0 Å². The Balaban J connectivity index is 2.77. The number of ketones is 1. The monoisotopic (exact) mass is 288 g/mol. The molecule has 0 saturated heterocycles. The lowest BCUT2D eigenvalue weighted by Crippen LogP contribution is -2.26. The molecule has 1 rings (SSSR count). The van der Waals surface area contributed by atoms with Gasteiger partial charge in [-0.05, 0) is 24.3 Å². The van der Waals surface area contributed by atoms with Gasteiger partial charge in [0.2, 0.25) is 0 Å². The molecule has 0 heterocycles. The van der Waals surface area contributed by atoms with Crippen molar-refractivity contribution in [2.45, 2.75) is 13.0 Å². The molecule has 0 atom stereocenters. The topological polar surface area (TPSA) is 101 Å². The van der Waals surface area contributed by atoms with Crippen molar-refractivity contribution in [2.75, 3.05) is 0 Å². The second kappa shape index (κ2) is 6.60. The fourth-order valence-electron chi connectivity index (χ4n) is 1.41. The number of halogens is 2. The largest absolute Gasteiger partial charge is 0.481 e. The predicted molar refractivity (Wildman–Crippen MR) is 60.8 cm³/mol. The van der Waals surface area contributed by atoms with Crippen LogP contribution in [0.25, 0.3) is 0 Å². The van der Waals surface area contributed by atoms with E-state index in [0.29, 0.717) is 0 Å². The zero-order valence-electron chi connectivity index (χ0n) is 9.95. The molecule has 108 valence electrons. The summed E-state index contributed by atoms with van der Waals surface area (Å²) in [6, 6.07) is 4.52. The molecule has 1 aromatic rings. The molecule has 6 nitrogen and oxygen atoms in total. The Morgan fingerprint density at radius 2 is 1.55 bits per heavy atom. The number of carbonyl (C=O) groups excluding carboxylic acids is 1. The van der Waals surface area contributed by atoms with Crippen molar-refractivity contribution in [3.63, 3.8) is 0 Å². The third-order valence-corrected chi connectivity index (χ3v) is 2.39. The number of carbonyl (C=O) groups is 3. The van der Waals surface area contributed by atoms with Gasteiger partial charge >= 0.3 is 18.6 Å². The molecule has 2 N–H and O–H groups in total. The molecule has 0 bridgehead atoms. The van der Waals surface area contributed by atoms with Crippen LogP contribution in [0.1, 0.15) is 16.8 Å². The fraction of sp³-hybridized carbons (Fsp3) is 0.250. The Hall–Kier alpha value is -2.51. The van der Waals surface area contributed by atoms with Gasteiger partial charge in [0, 0.05) is 12.0 Å². The summed E-state index contributed by atoms with van der Waals surface area (Å²) in [4.78, 5) is 33.0. The summed E-state index contributed by atoms with van der Waals surface area (Å²) < 4.78 is 27.9. The number of rotatable bonds is 7. The highest BCUT2D eigenvalue weighted by atomic mass is 19.3. The van der Waals surface area contributed by atoms with Crippen LogP contribution >= 0.6 is 0 Å². The highest BCUT2D eigenvalue weighted by molar-refractivity contribution is 6.03. The maximum absolute atomic E-state index is 11.9. The van der Waals surface area contributed by atoms with Gasteiger partial charge in [-0.3, -0.25) is 14.4 Å². The molecule has 0 aromatic heterocycles. The molecule has 1 aromatic carbocycles. The first-order valence-electron chi connectivity index (χ1n) is 5.35. The average molecular weight is 288 g/mol. The Labute approximate surface area is 111 Å². The van der Waals surface area contributed by atoms with Crippen molar-refractivity contribution < 1.29 is 38.1 Å². The molecule has 20 heavy (non-hydrogen) atoms. The minimum absolute atomic E-state index is 0.0131. The van der Waals surface area contributed by atoms with E-state index in [1.165, 1.54) is 0 Å². The van der Waals surface area contributed by atoms with Crippen molar-refractivity contribution in [1.82, 2.24) is 0 Å². The Morgan fingerprint density at radius 1 is 1.05 bits per heavy atom. The number of Topliss-reactive ketones (excluding diaryl/α,β-unsaturated/α-hetero) is 1. The number of carboxylic acids is 2. The molecule has 0 fully saturated rings. The summed E-state index contributed by atoms with van der Waals surface area (Å²) in [6.45, 7) is -3.00. The SMILES string of the molecule is O=C(CC(C(=O)O)C(=O)O)c1ccc(OC(F)F)cc1. The van der Waals surface area contributed by atoms with Crippen LogP contribution < -0.4 is 4.74 Å². The second-order valence-corrected chi connectivity index (χ2v) is 3.76. The number of alkyl halides is 2. The highest BCUT2D eigenvalue weighted by Crippen LogP contribution is 2.17. The minimum Gasteiger partial charge on any atom is -0.481 e. The number of hydrogen-bond acceptors (Lipinski definition) is 4. The van der Waals surface area contributed by atoms with Gasteiger partial charge < -0.3 is 14.9 Å². The van der Waals surface area contributed by atoms with Gasteiger partial charge in [0.25, 0.3) is 0 Å². The standard InChI is InChI=1S/C12H10F2O6/c13-12(14)20-7-3-1-6(2-4-7)9(15)5-8(10(16)17)11(18)19/h1-4,8,12H,5H2,(H,16,17)(H,18,19). The molecular weight excluding hydrogens is 278 g/mol. The predicted octanol–water partition coefficient (Wildman–Crippen LogP) is 1.65. The van der Waals surface area contributed by atoms with E-state index in [2.05, 4.69) is 4.74 Å². The van der Waals surface area contributed by atoms with Crippen LogP contribution in [0.5, 0.6) is 5.75 Å². The van der Waals surface area contributed by atoms with Crippen LogP contribution in [-0.4, -0.2) is 34.5 Å². The third kappa shape index (κ3) is 4.30. The van der Waals surface area contributed by atoms with Gasteiger partial charge in [-0.15, -0.1) is 0 Å². The highest BCUT2D eigenvalue weighted by Gasteiger charge is 2.28. The quantitative estimate of drug-likeness (QED) is 0.584. The molecular formula is C12H10F2O6. The van der Waals surface area contributed by atoms with Crippen molar-refractivity contribution in [1.29, 1.82) is 0 Å². The second-order valence-electron chi connectivity index (χ2n) is 3.76. The van der Waals surface area contributed by atoms with E-state index in [1.807, 2.05) is 0 Å².